The standard InChI is InChI=1S/C9H21N3O3/c10-2-1-3-12-4-7-9(14)8(13)6(11)5-15-7/h6-9,12-14H,1-5,10-11H2/t6-,7+,8+,9+/m0/s1. The molecule has 0 bridgehead atoms. The molecule has 90 valence electrons. The van der Waals surface area contributed by atoms with Gasteiger partial charge in [-0.15, -0.1) is 0 Å². The second kappa shape index (κ2) is 6.37. The first-order valence-corrected chi connectivity index (χ1v) is 5.31. The van der Waals surface area contributed by atoms with Gasteiger partial charge in [-0.2, -0.15) is 0 Å². The lowest BCUT2D eigenvalue weighted by atomic mass is 9.99. The summed E-state index contributed by atoms with van der Waals surface area (Å²) in [4.78, 5) is 0. The van der Waals surface area contributed by atoms with E-state index in [1.54, 1.807) is 0 Å². The highest BCUT2D eigenvalue weighted by Gasteiger charge is 2.35. The summed E-state index contributed by atoms with van der Waals surface area (Å²) in [5, 5.41) is 22.3. The molecule has 1 fully saturated rings. The first-order valence-electron chi connectivity index (χ1n) is 5.31. The van der Waals surface area contributed by atoms with Crippen LogP contribution in [0, 0.1) is 0 Å². The maximum absolute atomic E-state index is 9.64. The minimum atomic E-state index is -0.917. The number of nitrogens with two attached hydrogens (primary N) is 2. The van der Waals surface area contributed by atoms with E-state index in [4.69, 9.17) is 16.2 Å². The number of ether oxygens (including phenoxy) is 1. The molecule has 0 amide bonds. The predicted molar refractivity (Wildman–Crippen MR) is 56.3 cm³/mol. The zero-order valence-corrected chi connectivity index (χ0v) is 8.80. The van der Waals surface area contributed by atoms with Crippen molar-refractivity contribution in [3.63, 3.8) is 0 Å². The van der Waals surface area contributed by atoms with Crippen LogP contribution in [0.15, 0.2) is 0 Å². The third kappa shape index (κ3) is 3.67. The Morgan fingerprint density at radius 1 is 1.33 bits per heavy atom. The van der Waals surface area contributed by atoms with E-state index >= 15 is 0 Å². The highest BCUT2D eigenvalue weighted by Crippen LogP contribution is 2.13. The smallest absolute Gasteiger partial charge is 0.109 e. The first-order chi connectivity index (χ1) is 7.16. The maximum atomic E-state index is 9.64. The van der Waals surface area contributed by atoms with E-state index in [1.807, 2.05) is 0 Å². The van der Waals surface area contributed by atoms with Crippen LogP contribution in [0.5, 0.6) is 0 Å². The average molecular weight is 219 g/mol. The molecule has 0 saturated carbocycles. The first kappa shape index (κ1) is 12.8. The van der Waals surface area contributed by atoms with Gasteiger partial charge in [0, 0.05) is 6.54 Å². The number of aliphatic hydroxyl groups excluding tert-OH is 2. The number of aliphatic hydroxyl groups is 2. The minimum Gasteiger partial charge on any atom is -0.389 e. The van der Waals surface area contributed by atoms with Gasteiger partial charge in [0.2, 0.25) is 0 Å². The van der Waals surface area contributed by atoms with Crippen LogP contribution in [0.25, 0.3) is 0 Å². The van der Waals surface area contributed by atoms with Crippen LogP contribution in [0.2, 0.25) is 0 Å². The van der Waals surface area contributed by atoms with Crippen molar-refractivity contribution in [2.24, 2.45) is 11.5 Å². The van der Waals surface area contributed by atoms with Crippen molar-refractivity contribution >= 4 is 0 Å². The Kier molecular flexibility index (Phi) is 5.44. The summed E-state index contributed by atoms with van der Waals surface area (Å²) in [5.74, 6) is 0. The van der Waals surface area contributed by atoms with Crippen LogP contribution in [0.3, 0.4) is 0 Å². The molecule has 1 rings (SSSR count). The van der Waals surface area contributed by atoms with Gasteiger partial charge in [0.1, 0.15) is 6.10 Å². The maximum Gasteiger partial charge on any atom is 0.109 e. The lowest BCUT2D eigenvalue weighted by Gasteiger charge is -2.36. The molecule has 4 atom stereocenters. The molecule has 0 aliphatic carbocycles. The van der Waals surface area contributed by atoms with Crippen LogP contribution in [0.4, 0.5) is 0 Å². The number of hydrogen-bond acceptors (Lipinski definition) is 6. The Labute approximate surface area is 89.6 Å². The molecule has 0 aromatic heterocycles. The van der Waals surface area contributed by atoms with Crippen LogP contribution >= 0.6 is 0 Å². The number of rotatable bonds is 5. The molecule has 0 radical (unpaired) electrons. The lowest BCUT2D eigenvalue weighted by molar-refractivity contribution is -0.142. The second-order valence-electron chi connectivity index (χ2n) is 3.86. The summed E-state index contributed by atoms with van der Waals surface area (Å²) in [5.41, 5.74) is 10.9. The van der Waals surface area contributed by atoms with Crippen molar-refractivity contribution in [1.82, 2.24) is 5.32 Å². The van der Waals surface area contributed by atoms with E-state index in [2.05, 4.69) is 5.32 Å². The van der Waals surface area contributed by atoms with E-state index in [9.17, 15) is 10.2 Å². The van der Waals surface area contributed by atoms with Crippen LogP contribution in [-0.4, -0.2) is 60.8 Å². The quantitative estimate of drug-likeness (QED) is 0.323. The van der Waals surface area contributed by atoms with Crippen LogP contribution in [-0.2, 0) is 4.74 Å². The molecule has 1 aliphatic heterocycles. The highest BCUT2D eigenvalue weighted by atomic mass is 16.5. The summed E-state index contributed by atoms with van der Waals surface area (Å²) in [6.45, 7) is 2.20. The van der Waals surface area contributed by atoms with Gasteiger partial charge in [-0.25, -0.2) is 0 Å². The fourth-order valence-corrected chi connectivity index (χ4v) is 1.56. The molecule has 1 aliphatic rings. The van der Waals surface area contributed by atoms with Gasteiger partial charge in [-0.05, 0) is 19.5 Å². The Hall–Kier alpha value is -0.240. The predicted octanol–water partition coefficient (Wildman–Crippen LogP) is -2.63. The van der Waals surface area contributed by atoms with Gasteiger partial charge in [0.15, 0.2) is 0 Å². The number of nitrogens with one attached hydrogen (secondary N) is 1. The van der Waals surface area contributed by atoms with Gasteiger partial charge >= 0.3 is 0 Å². The van der Waals surface area contributed by atoms with Crippen molar-refractivity contribution in [2.45, 2.75) is 30.8 Å². The van der Waals surface area contributed by atoms with E-state index in [-0.39, 0.29) is 6.61 Å². The third-order valence-corrected chi connectivity index (χ3v) is 2.58. The summed E-state index contributed by atoms with van der Waals surface area (Å²) in [6.07, 6.45) is -1.33. The molecule has 0 spiro atoms. The van der Waals surface area contributed by atoms with Crippen molar-refractivity contribution in [3.8, 4) is 0 Å². The van der Waals surface area contributed by atoms with E-state index in [0.29, 0.717) is 13.1 Å². The Morgan fingerprint density at radius 2 is 2.07 bits per heavy atom. The largest absolute Gasteiger partial charge is 0.389 e. The summed E-state index contributed by atoms with van der Waals surface area (Å²) < 4.78 is 5.32. The summed E-state index contributed by atoms with van der Waals surface area (Å²) in [6, 6.07) is -0.500. The zero-order valence-electron chi connectivity index (χ0n) is 8.80. The fourth-order valence-electron chi connectivity index (χ4n) is 1.56. The lowest BCUT2D eigenvalue weighted by Crippen LogP contribution is -2.58. The Morgan fingerprint density at radius 3 is 2.73 bits per heavy atom. The number of hydrogen-bond donors (Lipinski definition) is 5. The molecular weight excluding hydrogens is 198 g/mol. The Balaban J connectivity index is 2.23. The topological polar surface area (TPSA) is 114 Å². The zero-order chi connectivity index (χ0) is 11.3. The molecule has 0 aromatic rings. The molecule has 15 heavy (non-hydrogen) atoms. The van der Waals surface area contributed by atoms with E-state index in [1.165, 1.54) is 0 Å². The highest BCUT2D eigenvalue weighted by molar-refractivity contribution is 4.89. The monoisotopic (exact) mass is 219 g/mol. The molecule has 7 N–H and O–H groups in total. The van der Waals surface area contributed by atoms with E-state index < -0.39 is 24.4 Å². The average Bonchev–Trinajstić information content (AvgIpc) is 2.24. The van der Waals surface area contributed by atoms with Gasteiger partial charge in [-0.3, -0.25) is 0 Å². The van der Waals surface area contributed by atoms with Crippen molar-refractivity contribution in [3.05, 3.63) is 0 Å². The molecular formula is C9H21N3O3. The van der Waals surface area contributed by atoms with Crippen LogP contribution < -0.4 is 16.8 Å². The summed E-state index contributed by atoms with van der Waals surface area (Å²) >= 11 is 0. The van der Waals surface area contributed by atoms with Gasteiger partial charge in [-0.1, -0.05) is 0 Å². The molecule has 1 saturated heterocycles. The normalized spacial score (nSPS) is 36.8. The second-order valence-corrected chi connectivity index (χ2v) is 3.86. The fraction of sp³-hybridized carbons (Fsp3) is 1.00. The van der Waals surface area contributed by atoms with Crippen molar-refractivity contribution in [1.29, 1.82) is 0 Å². The minimum absolute atomic E-state index is 0.279. The van der Waals surface area contributed by atoms with Gasteiger partial charge in [0.25, 0.3) is 0 Å². The van der Waals surface area contributed by atoms with Gasteiger partial charge in [0.05, 0.1) is 24.9 Å². The van der Waals surface area contributed by atoms with Crippen molar-refractivity contribution in [2.75, 3.05) is 26.2 Å². The molecule has 0 unspecified atom stereocenters. The Bertz CT molecular complexity index is 182. The SMILES string of the molecule is NCCCNC[C@H]1OC[C@H](N)[C@@H](O)[C@@H]1O. The molecule has 6 nitrogen and oxygen atoms in total. The van der Waals surface area contributed by atoms with Crippen LogP contribution in [0.1, 0.15) is 6.42 Å². The molecule has 1 heterocycles. The van der Waals surface area contributed by atoms with Gasteiger partial charge < -0.3 is 31.7 Å². The molecule has 0 aromatic carbocycles. The summed E-state index contributed by atoms with van der Waals surface area (Å²) in [7, 11) is 0. The molecule has 6 heteroatoms. The van der Waals surface area contributed by atoms with Crippen molar-refractivity contribution < 1.29 is 14.9 Å². The van der Waals surface area contributed by atoms with E-state index in [0.717, 1.165) is 13.0 Å². The third-order valence-electron chi connectivity index (χ3n) is 2.58.